The number of likely N-dealkylation sites (tertiary alicyclic amines) is 1. The van der Waals surface area contributed by atoms with Crippen LogP contribution >= 0.6 is 11.6 Å². The fourth-order valence-electron chi connectivity index (χ4n) is 7.33. The van der Waals surface area contributed by atoms with Crippen LogP contribution in [0.15, 0.2) is 30.9 Å². The molecule has 1 unspecified atom stereocenters. The van der Waals surface area contributed by atoms with Gasteiger partial charge < -0.3 is 19.4 Å². The second-order valence-electron chi connectivity index (χ2n) is 11.8. The average molecular weight is 561 g/mol. The number of halogens is 1. The lowest BCUT2D eigenvalue weighted by Gasteiger charge is -2.42. The summed E-state index contributed by atoms with van der Waals surface area (Å²) in [6, 6.07) is 9.21. The molecule has 0 radical (unpaired) electrons. The highest BCUT2D eigenvalue weighted by molar-refractivity contribution is 6.30. The van der Waals surface area contributed by atoms with E-state index in [1.807, 2.05) is 6.07 Å². The smallest absolute Gasteiger partial charge is 0.318 e. The van der Waals surface area contributed by atoms with Gasteiger partial charge in [-0.1, -0.05) is 24.2 Å². The lowest BCUT2D eigenvalue weighted by Crippen LogP contribution is -2.55. The Morgan fingerprint density at radius 1 is 1.25 bits per heavy atom. The van der Waals surface area contributed by atoms with Gasteiger partial charge in [0.2, 0.25) is 5.91 Å². The number of nitriles is 1. The summed E-state index contributed by atoms with van der Waals surface area (Å²) < 4.78 is 6.31. The first kappa shape index (κ1) is 27.0. The molecule has 1 amide bonds. The van der Waals surface area contributed by atoms with Crippen LogP contribution in [-0.2, 0) is 29.5 Å². The summed E-state index contributed by atoms with van der Waals surface area (Å²) in [5.41, 5.74) is 5.06. The largest absolute Gasteiger partial charge is 0.462 e. The summed E-state index contributed by atoms with van der Waals surface area (Å²) in [7, 11) is 2.15. The number of rotatable bonds is 6. The second-order valence-corrected chi connectivity index (χ2v) is 12.2. The Morgan fingerprint density at radius 3 is 2.88 bits per heavy atom. The fraction of sp³-hybridized carbons (Fsp3) is 0.548. The quantitative estimate of drug-likeness (QED) is 0.492. The summed E-state index contributed by atoms with van der Waals surface area (Å²) >= 11 is 6.34. The Bertz CT molecular complexity index is 1360. The predicted octanol–water partition coefficient (Wildman–Crippen LogP) is 4.09. The fourth-order valence-corrected chi connectivity index (χ4v) is 7.53. The number of carbonyl (C=O) groups is 1. The molecule has 9 heteroatoms. The van der Waals surface area contributed by atoms with Crippen molar-refractivity contribution in [3.8, 4) is 12.1 Å². The number of carbonyl (C=O) groups excluding carboxylic acids is 1. The topological polar surface area (TPSA) is 85.6 Å². The normalized spacial score (nSPS) is 25.9. The Hall–Kier alpha value is -3.15. The van der Waals surface area contributed by atoms with Crippen molar-refractivity contribution in [1.29, 1.82) is 5.26 Å². The van der Waals surface area contributed by atoms with E-state index in [-0.39, 0.29) is 23.8 Å². The van der Waals surface area contributed by atoms with Crippen LogP contribution in [0.5, 0.6) is 6.01 Å². The number of benzene rings is 1. The SMILES string of the molecule is C=CC(=O)N1CCN(c2nc(OC[C@@H]3CCCN3C)nc3c2CCC2(CCc4cc(Cl)ccc42)C3)C[C@@H]1CC#N. The maximum atomic E-state index is 12.5. The van der Waals surface area contributed by atoms with E-state index in [4.69, 9.17) is 26.3 Å². The zero-order valence-electron chi connectivity index (χ0n) is 23.2. The molecule has 2 fully saturated rings. The van der Waals surface area contributed by atoms with Gasteiger partial charge in [0.05, 0.1) is 24.2 Å². The molecule has 2 aliphatic heterocycles. The van der Waals surface area contributed by atoms with Crippen LogP contribution in [0.3, 0.4) is 0 Å². The third-order valence-electron chi connectivity index (χ3n) is 9.56. The highest BCUT2D eigenvalue weighted by atomic mass is 35.5. The summed E-state index contributed by atoms with van der Waals surface area (Å²) in [6.45, 7) is 7.03. The Morgan fingerprint density at radius 2 is 2.10 bits per heavy atom. The number of aryl methyl sites for hydroxylation is 1. The van der Waals surface area contributed by atoms with Gasteiger partial charge in [0.1, 0.15) is 12.4 Å². The van der Waals surface area contributed by atoms with Crippen molar-refractivity contribution >= 4 is 23.3 Å². The molecule has 8 nitrogen and oxygen atoms in total. The van der Waals surface area contributed by atoms with E-state index in [2.05, 4.69) is 41.6 Å². The highest BCUT2D eigenvalue weighted by Gasteiger charge is 2.43. The van der Waals surface area contributed by atoms with Crippen molar-refractivity contribution in [3.05, 3.63) is 58.3 Å². The van der Waals surface area contributed by atoms with Gasteiger partial charge in [-0.2, -0.15) is 15.2 Å². The van der Waals surface area contributed by atoms with Crippen molar-refractivity contribution in [1.82, 2.24) is 19.8 Å². The molecule has 3 heterocycles. The van der Waals surface area contributed by atoms with Crippen LogP contribution in [-0.4, -0.2) is 77.6 Å². The standard InChI is InChI=1S/C31H37ClN6O2/c1-3-28(39)38-16-15-37(19-23(38)10-13-33)29-25-9-12-31(11-8-21-17-22(32)6-7-26(21)31)18-27(25)34-30(35-29)40-20-24-5-4-14-36(24)2/h3,6-7,17,23-24H,1,4-5,8-12,14-16,18-20H2,2H3/t23-,24-,31?/m0/s1. The number of aromatic nitrogens is 2. The van der Waals surface area contributed by atoms with E-state index in [9.17, 15) is 10.1 Å². The van der Waals surface area contributed by atoms with Crippen LogP contribution in [0.2, 0.25) is 5.02 Å². The number of ether oxygens (including phenoxy) is 1. The van der Waals surface area contributed by atoms with Crippen molar-refractivity contribution in [2.75, 3.05) is 44.7 Å². The zero-order chi connectivity index (χ0) is 27.9. The predicted molar refractivity (Wildman–Crippen MR) is 155 cm³/mol. The van der Waals surface area contributed by atoms with Crippen LogP contribution in [0.25, 0.3) is 0 Å². The third kappa shape index (κ3) is 4.95. The molecular formula is C31H37ClN6O2. The van der Waals surface area contributed by atoms with E-state index in [1.54, 1.807) is 4.90 Å². The first-order valence-corrected chi connectivity index (χ1v) is 14.9. The van der Waals surface area contributed by atoms with Crippen molar-refractivity contribution < 1.29 is 9.53 Å². The molecule has 210 valence electrons. The first-order valence-electron chi connectivity index (χ1n) is 14.5. The van der Waals surface area contributed by atoms with Gasteiger partial charge in [-0.3, -0.25) is 4.79 Å². The molecule has 0 bridgehead atoms. The lowest BCUT2D eigenvalue weighted by molar-refractivity contribution is -0.128. The number of likely N-dealkylation sites (N-methyl/N-ethyl adjacent to an activating group) is 1. The molecule has 3 atom stereocenters. The van der Waals surface area contributed by atoms with Crippen molar-refractivity contribution in [3.63, 3.8) is 0 Å². The molecule has 1 aromatic heterocycles. The number of fused-ring (bicyclic) bond motifs is 3. The molecule has 4 aliphatic rings. The molecule has 2 saturated heterocycles. The molecule has 40 heavy (non-hydrogen) atoms. The Labute approximate surface area is 241 Å². The van der Waals surface area contributed by atoms with Crippen molar-refractivity contribution in [2.45, 2.75) is 68.9 Å². The number of hydrogen-bond acceptors (Lipinski definition) is 7. The third-order valence-corrected chi connectivity index (χ3v) is 9.80. The molecule has 1 spiro atoms. The van der Waals surface area contributed by atoms with E-state index >= 15 is 0 Å². The summed E-state index contributed by atoms with van der Waals surface area (Å²) in [5, 5.41) is 10.3. The second kappa shape index (κ2) is 11.0. The van der Waals surface area contributed by atoms with Gasteiger partial charge in [0, 0.05) is 41.7 Å². The number of nitrogens with zero attached hydrogens (tertiary/aromatic N) is 6. The highest BCUT2D eigenvalue weighted by Crippen LogP contribution is 2.49. The monoisotopic (exact) mass is 560 g/mol. The Kier molecular flexibility index (Phi) is 7.45. The minimum atomic E-state index is -0.215. The maximum Gasteiger partial charge on any atom is 0.318 e. The maximum absolute atomic E-state index is 12.5. The minimum Gasteiger partial charge on any atom is -0.462 e. The summed E-state index contributed by atoms with van der Waals surface area (Å²) in [6.07, 6.45) is 8.80. The molecule has 2 aliphatic carbocycles. The van der Waals surface area contributed by atoms with Gasteiger partial charge in [-0.25, -0.2) is 0 Å². The van der Waals surface area contributed by atoms with Crippen LogP contribution in [0.1, 0.15) is 54.5 Å². The molecule has 1 aromatic carbocycles. The van der Waals surface area contributed by atoms with E-state index in [0.29, 0.717) is 38.3 Å². The zero-order valence-corrected chi connectivity index (χ0v) is 24.0. The van der Waals surface area contributed by atoms with Gasteiger partial charge in [-0.15, -0.1) is 0 Å². The van der Waals surface area contributed by atoms with Crippen molar-refractivity contribution in [2.24, 2.45) is 0 Å². The van der Waals surface area contributed by atoms with Gasteiger partial charge in [0.15, 0.2) is 0 Å². The summed E-state index contributed by atoms with van der Waals surface area (Å²) in [5.74, 6) is 0.772. The van der Waals surface area contributed by atoms with Gasteiger partial charge >= 0.3 is 6.01 Å². The van der Waals surface area contributed by atoms with Crippen LogP contribution in [0.4, 0.5) is 5.82 Å². The molecule has 0 N–H and O–H groups in total. The van der Waals surface area contributed by atoms with Gasteiger partial charge in [0.25, 0.3) is 0 Å². The van der Waals surface area contributed by atoms with Gasteiger partial charge in [-0.05, 0) is 87.9 Å². The molecular weight excluding hydrogens is 524 g/mol. The van der Waals surface area contributed by atoms with E-state index in [1.165, 1.54) is 29.2 Å². The minimum absolute atomic E-state index is 0.0555. The lowest BCUT2D eigenvalue weighted by atomic mass is 9.69. The number of hydrogen-bond donors (Lipinski definition) is 0. The molecule has 0 saturated carbocycles. The average Bonchev–Trinajstić information content (AvgIpc) is 3.53. The number of amides is 1. The number of piperazine rings is 1. The molecule has 2 aromatic rings. The Balaban J connectivity index is 1.33. The summed E-state index contributed by atoms with van der Waals surface area (Å²) in [4.78, 5) is 28.9. The first-order chi connectivity index (χ1) is 19.4. The van der Waals surface area contributed by atoms with E-state index < -0.39 is 0 Å². The van der Waals surface area contributed by atoms with E-state index in [0.717, 1.165) is 61.6 Å². The molecule has 6 rings (SSSR count). The van der Waals surface area contributed by atoms with Crippen LogP contribution < -0.4 is 9.64 Å². The number of anilines is 1. The van der Waals surface area contributed by atoms with Crippen LogP contribution in [0, 0.1) is 11.3 Å².